The number of urea groups is 1. The molecule has 0 radical (unpaired) electrons. The van der Waals surface area contributed by atoms with Crippen LogP contribution in [0, 0.1) is 5.92 Å². The van der Waals surface area contributed by atoms with E-state index in [-0.39, 0.29) is 49.5 Å². The second-order valence-corrected chi connectivity index (χ2v) is 9.98. The zero-order chi connectivity index (χ0) is 27.5. The van der Waals surface area contributed by atoms with Gasteiger partial charge < -0.3 is 16.0 Å². The Morgan fingerprint density at radius 1 is 1.29 bits per heavy atom. The van der Waals surface area contributed by atoms with Crippen molar-refractivity contribution in [3.63, 3.8) is 0 Å². The number of halogens is 5. The minimum atomic E-state index is -4.63. The highest BCUT2D eigenvalue weighted by Gasteiger charge is 2.57. The zero-order valence-corrected chi connectivity index (χ0v) is 20.0. The number of amides is 3. The molecule has 0 aromatic carbocycles. The van der Waals surface area contributed by atoms with Crippen LogP contribution in [0.1, 0.15) is 66.0 Å². The molecule has 16 heteroatoms. The highest BCUT2D eigenvalue weighted by Crippen LogP contribution is 2.45. The van der Waals surface area contributed by atoms with Crippen LogP contribution in [0.15, 0.2) is 23.1 Å². The molecule has 1 saturated carbocycles. The molecule has 38 heavy (non-hydrogen) atoms. The molecule has 3 amide bonds. The number of nitrogens with two attached hydrogens (primary N) is 1. The van der Waals surface area contributed by atoms with E-state index in [1.54, 1.807) is 12.3 Å². The predicted octanol–water partition coefficient (Wildman–Crippen LogP) is 3.01. The van der Waals surface area contributed by atoms with Crippen molar-refractivity contribution < 1.29 is 36.2 Å². The number of fused-ring (bicyclic) bond motifs is 1. The second-order valence-electron chi connectivity index (χ2n) is 9.98. The van der Waals surface area contributed by atoms with Gasteiger partial charge in [0.25, 0.3) is 5.91 Å². The Labute approximate surface area is 211 Å². The first-order valence-electron chi connectivity index (χ1n) is 11.7. The molecule has 1 aliphatic heterocycles. The van der Waals surface area contributed by atoms with E-state index in [0.29, 0.717) is 16.9 Å². The van der Waals surface area contributed by atoms with E-state index < -0.39 is 42.0 Å². The summed E-state index contributed by atoms with van der Waals surface area (Å²) in [6, 6.07) is 0.690. The average molecular weight is 542 g/mol. The van der Waals surface area contributed by atoms with Crippen LogP contribution in [0.2, 0.25) is 0 Å². The van der Waals surface area contributed by atoms with E-state index in [1.165, 1.54) is 10.7 Å². The minimum absolute atomic E-state index is 0.0801. The molecule has 3 N–H and O–H groups in total. The molecular weight excluding hydrogens is 519 g/mol. The molecule has 0 unspecified atom stereocenters. The molecule has 0 spiro atoms. The first-order chi connectivity index (χ1) is 17.8. The van der Waals surface area contributed by atoms with Gasteiger partial charge in [-0.3, -0.25) is 4.79 Å². The number of rotatable bonds is 6. The van der Waals surface area contributed by atoms with E-state index in [1.807, 2.05) is 5.32 Å². The Bertz CT molecular complexity index is 1380. The topological polar surface area (TPSA) is 145 Å². The summed E-state index contributed by atoms with van der Waals surface area (Å²) >= 11 is 0. The van der Waals surface area contributed by atoms with Crippen molar-refractivity contribution in [1.82, 2.24) is 35.1 Å². The summed E-state index contributed by atoms with van der Waals surface area (Å²) in [5, 5.41) is 13.6. The van der Waals surface area contributed by atoms with E-state index in [9.17, 15) is 31.5 Å². The summed E-state index contributed by atoms with van der Waals surface area (Å²) in [6.07, 6.45) is -2.16. The van der Waals surface area contributed by atoms with Crippen molar-refractivity contribution in [2.24, 2.45) is 11.7 Å². The van der Waals surface area contributed by atoms with Crippen LogP contribution in [0.25, 0.3) is 5.65 Å². The number of hydrogen-bond donors (Lipinski definition) is 2. The molecule has 4 heterocycles. The molecule has 11 nitrogen and oxygen atoms in total. The van der Waals surface area contributed by atoms with Crippen molar-refractivity contribution in [2.75, 3.05) is 6.54 Å². The van der Waals surface area contributed by atoms with Gasteiger partial charge in [-0.2, -0.15) is 18.3 Å². The monoisotopic (exact) mass is 542 g/mol. The standard InChI is InChI=1S/C22H23F5N8O3/c1-20(22(25,26)27)10-34(19(37)31-20)8-11-6-14-30-13(9-35(14)29-7-11)15(12-2-4-21(23,24)5-3-12)16-17(18(28)36)33-38-32-16/h6-7,9,12,15H,2-5,8,10H2,1H3,(H2,28,36)(H,31,37)/t15-,20-/m0/s1. The summed E-state index contributed by atoms with van der Waals surface area (Å²) in [7, 11) is 0. The Balaban J connectivity index is 1.45. The lowest BCUT2D eigenvalue weighted by Crippen LogP contribution is -2.53. The highest BCUT2D eigenvalue weighted by molar-refractivity contribution is 5.91. The van der Waals surface area contributed by atoms with Crippen molar-refractivity contribution in [3.8, 4) is 0 Å². The molecule has 3 aromatic rings. The summed E-state index contributed by atoms with van der Waals surface area (Å²) in [5.74, 6) is -4.82. The number of carbonyl (C=O) groups is 2. The largest absolute Gasteiger partial charge is 0.413 e. The molecule has 3 aromatic heterocycles. The second kappa shape index (κ2) is 8.87. The summed E-state index contributed by atoms with van der Waals surface area (Å²) in [4.78, 5) is 29.7. The van der Waals surface area contributed by atoms with Gasteiger partial charge in [0.1, 0.15) is 5.69 Å². The maximum Gasteiger partial charge on any atom is 0.413 e. The maximum atomic E-state index is 13.9. The van der Waals surface area contributed by atoms with Gasteiger partial charge in [-0.1, -0.05) is 5.16 Å². The molecule has 204 valence electrons. The quantitative estimate of drug-likeness (QED) is 0.456. The Kier molecular flexibility index (Phi) is 6.02. The van der Waals surface area contributed by atoms with Gasteiger partial charge in [0, 0.05) is 19.4 Å². The van der Waals surface area contributed by atoms with Gasteiger partial charge in [0.2, 0.25) is 5.92 Å². The highest BCUT2D eigenvalue weighted by atomic mass is 19.4. The number of hydrogen-bond acceptors (Lipinski definition) is 7. The fourth-order valence-corrected chi connectivity index (χ4v) is 5.06. The third-order valence-electron chi connectivity index (χ3n) is 7.17. The van der Waals surface area contributed by atoms with Gasteiger partial charge in [0.15, 0.2) is 16.9 Å². The number of nitrogens with one attached hydrogen (secondary N) is 1. The lowest BCUT2D eigenvalue weighted by molar-refractivity contribution is -0.183. The minimum Gasteiger partial charge on any atom is -0.364 e. The number of alkyl halides is 5. The number of nitrogens with zero attached hydrogens (tertiary/aromatic N) is 6. The van der Waals surface area contributed by atoms with Crippen molar-refractivity contribution >= 4 is 17.6 Å². The van der Waals surface area contributed by atoms with Crippen LogP contribution in [0.5, 0.6) is 0 Å². The average Bonchev–Trinajstić information content (AvgIpc) is 3.53. The smallest absolute Gasteiger partial charge is 0.364 e. The van der Waals surface area contributed by atoms with Gasteiger partial charge in [0.05, 0.1) is 30.6 Å². The van der Waals surface area contributed by atoms with Crippen LogP contribution in [0.4, 0.5) is 26.7 Å². The molecule has 0 bridgehead atoms. The van der Waals surface area contributed by atoms with Crippen molar-refractivity contribution in [2.45, 2.75) is 62.7 Å². The maximum absolute atomic E-state index is 13.9. The number of aromatic nitrogens is 5. The van der Waals surface area contributed by atoms with Crippen LogP contribution in [-0.2, 0) is 6.54 Å². The van der Waals surface area contributed by atoms with E-state index in [2.05, 4.69) is 20.4 Å². The molecular formula is C22H23F5N8O3. The first kappa shape index (κ1) is 25.8. The van der Waals surface area contributed by atoms with Crippen LogP contribution in [0.3, 0.4) is 0 Å². The molecule has 5 rings (SSSR count). The SMILES string of the molecule is C[C@@]1(C(F)(F)F)CN(Cc2cnn3cc([C@@H](c4nonc4C(N)=O)C4CCC(F)(F)CC4)nc3c2)C(=O)N1. The lowest BCUT2D eigenvalue weighted by atomic mass is 9.75. The number of carbonyl (C=O) groups excluding carboxylic acids is 2. The number of primary amides is 1. The first-order valence-corrected chi connectivity index (χ1v) is 11.7. The lowest BCUT2D eigenvalue weighted by Gasteiger charge is -2.32. The Morgan fingerprint density at radius 2 is 2.00 bits per heavy atom. The van der Waals surface area contributed by atoms with Gasteiger partial charge in [-0.15, -0.1) is 0 Å². The van der Waals surface area contributed by atoms with Gasteiger partial charge in [-0.25, -0.2) is 27.7 Å². The predicted molar refractivity (Wildman–Crippen MR) is 118 cm³/mol. The van der Waals surface area contributed by atoms with Gasteiger partial charge in [-0.05, 0) is 42.5 Å². The zero-order valence-electron chi connectivity index (χ0n) is 20.0. The molecule has 1 aliphatic carbocycles. The fourth-order valence-electron chi connectivity index (χ4n) is 5.06. The molecule has 2 fully saturated rings. The molecule has 2 atom stereocenters. The summed E-state index contributed by atoms with van der Waals surface area (Å²) in [5.41, 5.74) is 3.95. The van der Waals surface area contributed by atoms with Crippen LogP contribution >= 0.6 is 0 Å². The van der Waals surface area contributed by atoms with E-state index in [4.69, 9.17) is 10.4 Å². The molecule has 1 saturated heterocycles. The third-order valence-corrected chi connectivity index (χ3v) is 7.17. The van der Waals surface area contributed by atoms with Crippen molar-refractivity contribution in [3.05, 3.63) is 41.1 Å². The van der Waals surface area contributed by atoms with Crippen LogP contribution < -0.4 is 11.1 Å². The normalized spacial score (nSPS) is 23.1. The third kappa shape index (κ3) is 4.62. The Morgan fingerprint density at radius 3 is 2.63 bits per heavy atom. The number of imidazole rings is 1. The van der Waals surface area contributed by atoms with Crippen LogP contribution in [-0.4, -0.2) is 65.9 Å². The van der Waals surface area contributed by atoms with Crippen molar-refractivity contribution in [1.29, 1.82) is 0 Å². The fraction of sp³-hybridized carbons (Fsp3) is 0.545. The summed E-state index contributed by atoms with van der Waals surface area (Å²) < 4.78 is 73.9. The molecule has 2 aliphatic rings. The summed E-state index contributed by atoms with van der Waals surface area (Å²) in [6.45, 7) is 0.181. The Hall–Kier alpha value is -3.85. The van der Waals surface area contributed by atoms with Gasteiger partial charge >= 0.3 is 12.2 Å². The van der Waals surface area contributed by atoms with E-state index >= 15 is 0 Å². The van der Waals surface area contributed by atoms with E-state index in [0.717, 1.165) is 11.8 Å².